The molecule has 0 aromatic carbocycles. The van der Waals surface area contributed by atoms with Crippen LogP contribution >= 0.6 is 0 Å². The van der Waals surface area contributed by atoms with Crippen molar-refractivity contribution in [1.29, 1.82) is 0 Å². The molecule has 108 valence electrons. The van der Waals surface area contributed by atoms with Crippen LogP contribution < -0.4 is 0 Å². The number of aldehydes is 1. The van der Waals surface area contributed by atoms with Crippen molar-refractivity contribution < 1.29 is 53.1 Å². The topological polar surface area (TPSA) is 191 Å². The summed E-state index contributed by atoms with van der Waals surface area (Å²) in [6, 6.07) is 0. The van der Waals surface area contributed by atoms with Crippen molar-refractivity contribution in [2.24, 2.45) is 0 Å². The first-order valence-corrected chi connectivity index (χ1v) is 4.59. The van der Waals surface area contributed by atoms with Crippen LogP contribution in [0.2, 0.25) is 0 Å². The second-order valence-electron chi connectivity index (χ2n) is 3.09. The molecule has 0 unspecified atom stereocenters. The fourth-order valence-corrected chi connectivity index (χ4v) is 0.778. The molecule has 0 bridgehead atoms. The van der Waals surface area contributed by atoms with Gasteiger partial charge in [-0.25, -0.2) is 4.79 Å². The van der Waals surface area contributed by atoms with Crippen molar-refractivity contribution >= 4 is 58.5 Å². The molecule has 0 saturated heterocycles. The summed E-state index contributed by atoms with van der Waals surface area (Å²) >= 11 is 0. The Morgan fingerprint density at radius 2 is 0.810 bits per heavy atom. The van der Waals surface area contributed by atoms with Gasteiger partial charge in [-0.1, -0.05) is 0 Å². The van der Waals surface area contributed by atoms with Gasteiger partial charge in [0.05, 0.1) is 0 Å². The van der Waals surface area contributed by atoms with Crippen LogP contribution in [0, 0.1) is 0 Å². The first kappa shape index (κ1) is 17.5. The normalized spacial score (nSPS) is 9.14. The number of hydrogen-bond donors (Lipinski definition) is 1. The SMILES string of the molecule is O=CC(=O)C(=O)C(=O)C(=O)C(=O)C(=O)C(=O)C(=O)C(=O)O. The maximum atomic E-state index is 11.0. The summed E-state index contributed by atoms with van der Waals surface area (Å²) < 4.78 is 0. The molecule has 0 heterocycles. The lowest BCUT2D eigenvalue weighted by Crippen LogP contribution is -2.43. The first-order chi connectivity index (χ1) is 9.56. The Morgan fingerprint density at radius 1 is 0.524 bits per heavy atom. The Kier molecular flexibility index (Phi) is 5.50. The number of hydrogen-bond acceptors (Lipinski definition) is 10. The lowest BCUT2D eigenvalue weighted by atomic mass is 10.0. The van der Waals surface area contributed by atoms with Crippen LogP contribution in [-0.2, 0) is 47.9 Å². The van der Waals surface area contributed by atoms with Crippen LogP contribution in [0.5, 0.6) is 0 Å². The molecule has 11 heteroatoms. The van der Waals surface area contributed by atoms with E-state index in [4.69, 9.17) is 5.11 Å². The van der Waals surface area contributed by atoms with Gasteiger partial charge in [-0.05, 0) is 0 Å². The molecule has 0 aromatic heterocycles. The minimum atomic E-state index is -2.48. The van der Waals surface area contributed by atoms with E-state index in [0.29, 0.717) is 0 Å². The summed E-state index contributed by atoms with van der Waals surface area (Å²) in [6.45, 7) is 0. The molecule has 11 nitrogen and oxygen atoms in total. The van der Waals surface area contributed by atoms with Crippen molar-refractivity contribution in [3.63, 3.8) is 0 Å². The molecule has 1 N–H and O–H groups in total. The lowest BCUT2D eigenvalue weighted by molar-refractivity contribution is -0.158. The first-order valence-electron chi connectivity index (χ1n) is 4.59. The Hall–Kier alpha value is -3.50. The number of Topliss-reactive ketones (excluding diaryl/α,β-unsaturated/α-hetero) is 8. The lowest BCUT2D eigenvalue weighted by Gasteiger charge is -1.95. The van der Waals surface area contributed by atoms with Crippen molar-refractivity contribution in [2.45, 2.75) is 0 Å². The largest absolute Gasteiger partial charge is 0.475 e. The smallest absolute Gasteiger partial charge is 0.380 e. The van der Waals surface area contributed by atoms with Crippen molar-refractivity contribution in [2.75, 3.05) is 0 Å². The van der Waals surface area contributed by atoms with Crippen molar-refractivity contribution in [3.05, 3.63) is 0 Å². The van der Waals surface area contributed by atoms with E-state index >= 15 is 0 Å². The molecule has 0 atom stereocenters. The summed E-state index contributed by atoms with van der Waals surface area (Å²) in [5.41, 5.74) is 0. The van der Waals surface area contributed by atoms with Crippen LogP contribution in [0.15, 0.2) is 0 Å². The molecular formula is C10H2O11. The second-order valence-corrected chi connectivity index (χ2v) is 3.09. The third-order valence-electron chi connectivity index (χ3n) is 1.76. The van der Waals surface area contributed by atoms with Gasteiger partial charge in [0.2, 0.25) is 0 Å². The van der Waals surface area contributed by atoms with E-state index in [1.807, 2.05) is 0 Å². The quantitative estimate of drug-likeness (QED) is 0.246. The molecular weight excluding hydrogens is 296 g/mol. The van der Waals surface area contributed by atoms with E-state index < -0.39 is 58.5 Å². The minimum absolute atomic E-state index is 0.640. The van der Waals surface area contributed by atoms with E-state index in [0.717, 1.165) is 0 Å². The maximum Gasteiger partial charge on any atom is 0.380 e. The maximum absolute atomic E-state index is 11.0. The number of rotatable bonds is 9. The molecule has 0 aliphatic rings. The van der Waals surface area contributed by atoms with Gasteiger partial charge in [0.25, 0.3) is 40.5 Å². The monoisotopic (exact) mass is 298 g/mol. The molecule has 0 rings (SSSR count). The van der Waals surface area contributed by atoms with Gasteiger partial charge in [0.15, 0.2) is 6.29 Å². The molecule has 0 aliphatic heterocycles. The second kappa shape index (κ2) is 6.60. The number of carboxylic acids is 1. The zero-order valence-corrected chi connectivity index (χ0v) is 9.61. The number of carbonyl (C=O) groups is 10. The van der Waals surface area contributed by atoms with Gasteiger partial charge in [0.1, 0.15) is 0 Å². The molecule has 0 fully saturated rings. The average Bonchev–Trinajstić information content (AvgIpc) is 2.48. The number of aliphatic carboxylic acids is 1. The molecule has 0 aliphatic carbocycles. The predicted molar refractivity (Wildman–Crippen MR) is 53.8 cm³/mol. The van der Waals surface area contributed by atoms with Gasteiger partial charge in [0, 0.05) is 0 Å². The van der Waals surface area contributed by atoms with E-state index in [1.54, 1.807) is 0 Å². The van der Waals surface area contributed by atoms with Crippen LogP contribution in [0.25, 0.3) is 0 Å². The van der Waals surface area contributed by atoms with Gasteiger partial charge >= 0.3 is 11.8 Å². The van der Waals surface area contributed by atoms with E-state index in [9.17, 15) is 47.9 Å². The Labute approximate surface area is 112 Å². The van der Waals surface area contributed by atoms with Gasteiger partial charge in [-0.3, -0.25) is 43.2 Å². The fourth-order valence-electron chi connectivity index (χ4n) is 0.778. The van der Waals surface area contributed by atoms with E-state index in [-0.39, 0.29) is 0 Å². The molecule has 21 heavy (non-hydrogen) atoms. The molecule has 0 amide bonds. The van der Waals surface area contributed by atoms with E-state index in [2.05, 4.69) is 0 Å². The van der Waals surface area contributed by atoms with Crippen LogP contribution in [0.4, 0.5) is 0 Å². The van der Waals surface area contributed by atoms with E-state index in [1.165, 1.54) is 0 Å². The highest BCUT2D eigenvalue weighted by Gasteiger charge is 2.41. The zero-order valence-electron chi connectivity index (χ0n) is 9.61. The number of carbonyl (C=O) groups excluding carboxylic acids is 9. The summed E-state index contributed by atoms with van der Waals surface area (Å²) in [5.74, 6) is -21.1. The highest BCUT2D eigenvalue weighted by molar-refractivity contribution is 7.01. The van der Waals surface area contributed by atoms with Crippen LogP contribution in [0.3, 0.4) is 0 Å². The summed E-state index contributed by atoms with van der Waals surface area (Å²) in [6.07, 6.45) is -0.640. The van der Waals surface area contributed by atoms with Crippen LogP contribution in [0.1, 0.15) is 0 Å². The predicted octanol–water partition coefficient (Wildman–Crippen LogP) is -4.18. The minimum Gasteiger partial charge on any atom is -0.475 e. The van der Waals surface area contributed by atoms with Crippen molar-refractivity contribution in [1.82, 2.24) is 0 Å². The van der Waals surface area contributed by atoms with Crippen molar-refractivity contribution in [3.8, 4) is 0 Å². The molecule has 0 spiro atoms. The molecule has 0 aromatic rings. The van der Waals surface area contributed by atoms with Gasteiger partial charge in [-0.15, -0.1) is 0 Å². The standard InChI is InChI=1S/C10H2O11/c11-1-2(12)3(13)4(14)5(15)6(16)7(17)8(18)9(19)10(20)21/h1H,(H,20,21). The Bertz CT molecular complexity index is 648. The van der Waals surface area contributed by atoms with Gasteiger partial charge in [-0.2, -0.15) is 0 Å². The third kappa shape index (κ3) is 3.73. The fraction of sp³-hybridized carbons (Fsp3) is 0. The van der Waals surface area contributed by atoms with Gasteiger partial charge < -0.3 is 5.11 Å². The number of ketones is 8. The summed E-state index contributed by atoms with van der Waals surface area (Å²) in [7, 11) is 0. The summed E-state index contributed by atoms with van der Waals surface area (Å²) in [4.78, 5) is 107. The third-order valence-corrected chi connectivity index (χ3v) is 1.76. The molecule has 0 saturated carbocycles. The number of carboxylic acid groups (broad SMARTS) is 1. The highest BCUT2D eigenvalue weighted by atomic mass is 16.4. The zero-order chi connectivity index (χ0) is 16.9. The highest BCUT2D eigenvalue weighted by Crippen LogP contribution is 1.91. The summed E-state index contributed by atoms with van der Waals surface area (Å²) in [5, 5.41) is 8.10. The molecule has 0 radical (unpaired) electrons. The Morgan fingerprint density at radius 3 is 1.10 bits per heavy atom. The Balaban J connectivity index is 5.24. The average molecular weight is 298 g/mol. The van der Waals surface area contributed by atoms with Crippen LogP contribution in [-0.4, -0.2) is 63.6 Å².